The van der Waals surface area contributed by atoms with Gasteiger partial charge in [-0.3, -0.25) is 0 Å². The van der Waals surface area contributed by atoms with E-state index in [9.17, 15) is 0 Å². The molecule has 0 aromatic rings. The Morgan fingerprint density at radius 1 is 0.923 bits per heavy atom. The molecule has 1 heteroatoms. The maximum Gasteiger partial charge on any atom is 0.0305 e. The minimum Gasteiger partial charge on any atom is -0.0722 e. The maximum atomic E-state index is 2.46. The van der Waals surface area contributed by atoms with E-state index in [1.165, 1.54) is 25.7 Å². The highest BCUT2D eigenvalue weighted by Gasteiger charge is 2.04. The van der Waals surface area contributed by atoms with Gasteiger partial charge in [0.15, 0.2) is 0 Å². The van der Waals surface area contributed by atoms with Crippen molar-refractivity contribution in [2.75, 3.05) is 0 Å². The van der Waals surface area contributed by atoms with Gasteiger partial charge in [-0.05, 0) is 11.8 Å². The molecular weight excluding hydrogens is 172 g/mol. The van der Waals surface area contributed by atoms with Gasteiger partial charge in [0.25, 0.3) is 0 Å². The van der Waals surface area contributed by atoms with Gasteiger partial charge in [-0.25, -0.2) is 0 Å². The van der Waals surface area contributed by atoms with Crippen molar-refractivity contribution in [1.82, 2.24) is 0 Å². The minimum atomic E-state index is -0.280. The molecule has 0 nitrogen and oxygen atoms in total. The second-order valence-electron chi connectivity index (χ2n) is 5.40. The van der Waals surface area contributed by atoms with Crippen LogP contribution in [-0.4, -0.2) is 8.80 Å². The summed E-state index contributed by atoms with van der Waals surface area (Å²) in [7, 11) is -0.280. The van der Waals surface area contributed by atoms with Crippen molar-refractivity contribution in [3.8, 4) is 0 Å². The third-order valence-corrected chi connectivity index (χ3v) is 4.20. The Kier molecular flexibility index (Phi) is 7.73. The van der Waals surface area contributed by atoms with Gasteiger partial charge in [0.1, 0.15) is 0 Å². The van der Waals surface area contributed by atoms with Crippen LogP contribution in [0.15, 0.2) is 0 Å². The van der Waals surface area contributed by atoms with Crippen molar-refractivity contribution in [3.05, 3.63) is 0 Å². The first-order valence-corrected chi connectivity index (χ1v) is 9.15. The highest BCUT2D eigenvalue weighted by molar-refractivity contribution is 6.55. The van der Waals surface area contributed by atoms with Crippen molar-refractivity contribution in [2.24, 2.45) is 11.8 Å². The van der Waals surface area contributed by atoms with Crippen LogP contribution in [0.5, 0.6) is 0 Å². The monoisotopic (exact) mass is 200 g/mol. The van der Waals surface area contributed by atoms with Crippen LogP contribution in [0.2, 0.25) is 19.1 Å². The van der Waals surface area contributed by atoms with E-state index >= 15 is 0 Å². The molecule has 1 unspecified atom stereocenters. The topological polar surface area (TPSA) is 0 Å². The predicted molar refractivity (Wildman–Crippen MR) is 66.2 cm³/mol. The van der Waals surface area contributed by atoms with E-state index in [0.29, 0.717) is 0 Å². The zero-order valence-corrected chi connectivity index (χ0v) is 11.4. The van der Waals surface area contributed by atoms with Crippen LogP contribution in [-0.2, 0) is 0 Å². The van der Waals surface area contributed by atoms with E-state index in [1.54, 1.807) is 6.04 Å². The maximum absolute atomic E-state index is 2.46. The van der Waals surface area contributed by atoms with E-state index in [0.717, 1.165) is 11.8 Å². The molecule has 13 heavy (non-hydrogen) atoms. The normalized spacial score (nSPS) is 14.1. The van der Waals surface area contributed by atoms with Crippen LogP contribution < -0.4 is 0 Å². The van der Waals surface area contributed by atoms with Crippen molar-refractivity contribution in [1.29, 1.82) is 0 Å². The van der Waals surface area contributed by atoms with Crippen LogP contribution in [0.1, 0.15) is 46.5 Å². The minimum absolute atomic E-state index is 0.280. The first-order valence-electron chi connectivity index (χ1n) is 6.02. The molecule has 0 aliphatic carbocycles. The van der Waals surface area contributed by atoms with E-state index in [4.69, 9.17) is 0 Å². The summed E-state index contributed by atoms with van der Waals surface area (Å²) >= 11 is 0. The fraction of sp³-hybridized carbons (Fsp3) is 1.00. The molecule has 0 saturated carbocycles. The molecule has 0 bridgehead atoms. The van der Waals surface area contributed by atoms with E-state index < -0.39 is 0 Å². The molecular formula is C12H28Si. The SMILES string of the molecule is CC(C)CCCC(C)CC[SiH](C)C. The highest BCUT2D eigenvalue weighted by Crippen LogP contribution is 2.17. The lowest BCUT2D eigenvalue weighted by Gasteiger charge is -2.12. The van der Waals surface area contributed by atoms with Crippen LogP contribution >= 0.6 is 0 Å². The number of hydrogen-bond donors (Lipinski definition) is 0. The molecule has 0 N–H and O–H groups in total. The molecule has 1 atom stereocenters. The molecule has 0 saturated heterocycles. The summed E-state index contributed by atoms with van der Waals surface area (Å²) in [6.07, 6.45) is 5.81. The molecule has 0 amide bonds. The zero-order valence-electron chi connectivity index (χ0n) is 10.3. The average Bonchev–Trinajstić information content (AvgIpc) is 2.00. The highest BCUT2D eigenvalue weighted by atomic mass is 28.3. The van der Waals surface area contributed by atoms with Gasteiger partial charge in [-0.1, -0.05) is 65.6 Å². The Morgan fingerprint density at radius 3 is 2.00 bits per heavy atom. The molecule has 0 fully saturated rings. The molecule has 0 aliphatic heterocycles. The van der Waals surface area contributed by atoms with Gasteiger partial charge in [0.05, 0.1) is 0 Å². The van der Waals surface area contributed by atoms with Crippen molar-refractivity contribution >= 4 is 8.80 Å². The Morgan fingerprint density at radius 2 is 1.54 bits per heavy atom. The van der Waals surface area contributed by atoms with Crippen molar-refractivity contribution in [2.45, 2.75) is 65.6 Å². The van der Waals surface area contributed by atoms with Gasteiger partial charge in [0, 0.05) is 8.80 Å². The number of rotatable bonds is 7. The Labute approximate surface area is 86.7 Å². The lowest BCUT2D eigenvalue weighted by Crippen LogP contribution is -2.03. The predicted octanol–water partition coefficient (Wildman–Crippen LogP) is 4.33. The molecule has 0 spiro atoms. The van der Waals surface area contributed by atoms with Gasteiger partial charge in [-0.2, -0.15) is 0 Å². The summed E-state index contributed by atoms with van der Waals surface area (Å²) < 4.78 is 0. The summed E-state index contributed by atoms with van der Waals surface area (Å²) in [4.78, 5) is 0. The molecule has 80 valence electrons. The largest absolute Gasteiger partial charge is 0.0722 e. The summed E-state index contributed by atoms with van der Waals surface area (Å²) in [5, 5.41) is 0. The summed E-state index contributed by atoms with van der Waals surface area (Å²) in [6.45, 7) is 12.0. The average molecular weight is 200 g/mol. The zero-order chi connectivity index (χ0) is 10.3. The summed E-state index contributed by atoms with van der Waals surface area (Å²) in [6, 6.07) is 1.54. The second kappa shape index (κ2) is 7.60. The standard InChI is InChI=1S/C12H28Si/c1-11(2)7-6-8-12(3)9-10-13(4)5/h11-13H,6-10H2,1-5H3. The van der Waals surface area contributed by atoms with Crippen LogP contribution in [0.4, 0.5) is 0 Å². The third-order valence-electron chi connectivity index (χ3n) is 2.72. The summed E-state index contributed by atoms with van der Waals surface area (Å²) in [5.74, 6) is 1.88. The molecule has 0 heterocycles. The van der Waals surface area contributed by atoms with Gasteiger partial charge in [0.2, 0.25) is 0 Å². The Balaban J connectivity index is 3.25. The first-order chi connectivity index (χ1) is 6.02. The first kappa shape index (κ1) is 13.2. The summed E-state index contributed by atoms with van der Waals surface area (Å²) in [5.41, 5.74) is 0. The molecule has 0 aromatic heterocycles. The third kappa shape index (κ3) is 10.1. The quantitative estimate of drug-likeness (QED) is 0.537. The smallest absolute Gasteiger partial charge is 0.0305 e. The lowest BCUT2D eigenvalue weighted by atomic mass is 9.98. The Bertz CT molecular complexity index is 108. The molecule has 0 radical (unpaired) electrons. The molecule has 0 rings (SSSR count). The van der Waals surface area contributed by atoms with Crippen molar-refractivity contribution < 1.29 is 0 Å². The Hall–Kier alpha value is 0.217. The van der Waals surface area contributed by atoms with Gasteiger partial charge in [-0.15, -0.1) is 0 Å². The van der Waals surface area contributed by atoms with E-state index in [2.05, 4.69) is 33.9 Å². The van der Waals surface area contributed by atoms with E-state index in [1.807, 2.05) is 0 Å². The van der Waals surface area contributed by atoms with Crippen LogP contribution in [0, 0.1) is 11.8 Å². The second-order valence-corrected chi connectivity index (χ2v) is 8.77. The van der Waals surface area contributed by atoms with Crippen LogP contribution in [0.25, 0.3) is 0 Å². The van der Waals surface area contributed by atoms with Gasteiger partial charge < -0.3 is 0 Å². The number of hydrogen-bond acceptors (Lipinski definition) is 0. The fourth-order valence-corrected chi connectivity index (χ4v) is 2.87. The van der Waals surface area contributed by atoms with Gasteiger partial charge >= 0.3 is 0 Å². The fourth-order valence-electron chi connectivity index (χ4n) is 1.64. The molecule has 0 aliphatic rings. The van der Waals surface area contributed by atoms with Crippen molar-refractivity contribution in [3.63, 3.8) is 0 Å². The lowest BCUT2D eigenvalue weighted by molar-refractivity contribution is 0.448. The van der Waals surface area contributed by atoms with Crippen LogP contribution in [0.3, 0.4) is 0 Å². The van der Waals surface area contributed by atoms with E-state index in [-0.39, 0.29) is 8.80 Å². The molecule has 0 aromatic carbocycles.